The van der Waals surface area contributed by atoms with Gasteiger partial charge in [-0.05, 0) is 62.5 Å². The number of ether oxygens (including phenoxy) is 4. The van der Waals surface area contributed by atoms with Crippen LogP contribution in [0.4, 0.5) is 9.93 Å². The summed E-state index contributed by atoms with van der Waals surface area (Å²) < 4.78 is 24.1. The molecule has 7 rings (SSSR count). The molecule has 3 aromatic rings. The number of halogens is 1. The number of morpholine rings is 1. The molecule has 2 saturated carbocycles. The SMILES string of the molecule is CC(C)Nc1nc(-c2cc(O[C@@H]3C[C@@H](C(N)=O)N(C(=O)[C@@H](NC(=O)O[C@@H]4C[C@@H]5C[C@@H]5C4)C(C)(C)C)C3)c3ccc(OC[C@@H]4COCCN4)c(Cl)c3n2)cs1. The lowest BCUT2D eigenvalue weighted by Crippen LogP contribution is -2.57. The van der Waals surface area contributed by atoms with Gasteiger partial charge in [-0.15, -0.1) is 11.3 Å². The third-order valence-corrected chi connectivity index (χ3v) is 11.6. The van der Waals surface area contributed by atoms with E-state index in [0.717, 1.165) is 24.5 Å². The first kappa shape index (κ1) is 38.4. The van der Waals surface area contributed by atoms with Crippen LogP contribution in [0.25, 0.3) is 22.3 Å². The molecule has 2 aliphatic carbocycles. The molecule has 54 heavy (non-hydrogen) atoms. The number of thiazole rings is 1. The summed E-state index contributed by atoms with van der Waals surface area (Å²) in [6, 6.07) is 3.69. The maximum atomic E-state index is 14.3. The van der Waals surface area contributed by atoms with Crippen molar-refractivity contribution in [1.82, 2.24) is 25.5 Å². The zero-order valence-electron chi connectivity index (χ0n) is 31.4. The summed E-state index contributed by atoms with van der Waals surface area (Å²) in [6.07, 6.45) is 1.67. The Balaban J connectivity index is 1.14. The zero-order valence-corrected chi connectivity index (χ0v) is 32.9. The number of primary amides is 1. The number of nitrogens with one attached hydrogen (secondary N) is 3. The molecule has 2 aliphatic heterocycles. The number of amides is 3. The molecule has 292 valence electrons. The normalized spacial score (nSPS) is 25.6. The van der Waals surface area contributed by atoms with Gasteiger partial charge in [0.25, 0.3) is 0 Å². The first-order valence-electron chi connectivity index (χ1n) is 18.8. The number of likely N-dealkylation sites (tertiary alicyclic amines) is 1. The second-order valence-electron chi connectivity index (χ2n) is 16.2. The molecule has 1 aromatic carbocycles. The van der Waals surface area contributed by atoms with Crippen molar-refractivity contribution in [2.24, 2.45) is 23.0 Å². The topological polar surface area (TPSA) is 179 Å². The number of carbonyl (C=O) groups is 3. The second kappa shape index (κ2) is 15.7. The van der Waals surface area contributed by atoms with Gasteiger partial charge in [-0.2, -0.15) is 0 Å². The van der Waals surface area contributed by atoms with E-state index in [-0.39, 0.29) is 31.2 Å². The fraction of sp³-hybridized carbons (Fsp3) is 0.605. The number of nitrogens with zero attached hydrogens (tertiary/aromatic N) is 3. The predicted molar refractivity (Wildman–Crippen MR) is 206 cm³/mol. The zero-order chi connectivity index (χ0) is 38.3. The van der Waals surface area contributed by atoms with Crippen LogP contribution in [0.1, 0.15) is 60.3 Å². The van der Waals surface area contributed by atoms with Crippen molar-refractivity contribution < 1.29 is 33.3 Å². The number of pyridine rings is 1. The molecule has 14 nitrogen and oxygen atoms in total. The van der Waals surface area contributed by atoms with Crippen LogP contribution in [0.5, 0.6) is 11.5 Å². The van der Waals surface area contributed by atoms with Gasteiger partial charge in [0.1, 0.15) is 53.1 Å². The number of anilines is 1. The number of hydrogen-bond donors (Lipinski definition) is 4. The van der Waals surface area contributed by atoms with Gasteiger partial charge in [0.2, 0.25) is 11.8 Å². The second-order valence-corrected chi connectivity index (χ2v) is 17.5. The first-order valence-corrected chi connectivity index (χ1v) is 20.0. The Bertz CT molecular complexity index is 1870. The summed E-state index contributed by atoms with van der Waals surface area (Å²) in [5.74, 6) is 1.10. The van der Waals surface area contributed by atoms with Crippen LogP contribution in [0.15, 0.2) is 23.6 Å². The number of rotatable bonds is 12. The van der Waals surface area contributed by atoms with Crippen molar-refractivity contribution in [3.05, 3.63) is 28.6 Å². The average molecular weight is 784 g/mol. The smallest absolute Gasteiger partial charge is 0.408 e. The molecular weight excluding hydrogens is 734 g/mol. The minimum atomic E-state index is -0.971. The molecule has 4 heterocycles. The van der Waals surface area contributed by atoms with Gasteiger partial charge >= 0.3 is 6.09 Å². The summed E-state index contributed by atoms with van der Waals surface area (Å²) in [6.45, 7) is 12.0. The molecule has 0 spiro atoms. The summed E-state index contributed by atoms with van der Waals surface area (Å²) in [7, 11) is 0. The quantitative estimate of drug-likeness (QED) is 0.195. The van der Waals surface area contributed by atoms with E-state index in [9.17, 15) is 14.4 Å². The number of benzene rings is 1. The fourth-order valence-electron chi connectivity index (χ4n) is 7.62. The lowest BCUT2D eigenvalue weighted by Gasteiger charge is -2.35. The van der Waals surface area contributed by atoms with E-state index in [1.54, 1.807) is 12.1 Å². The van der Waals surface area contributed by atoms with E-state index in [4.69, 9.17) is 46.3 Å². The van der Waals surface area contributed by atoms with Crippen molar-refractivity contribution in [3.8, 4) is 22.9 Å². The predicted octanol–water partition coefficient (Wildman–Crippen LogP) is 4.97. The van der Waals surface area contributed by atoms with E-state index in [1.165, 1.54) is 22.7 Å². The van der Waals surface area contributed by atoms with Crippen LogP contribution in [0.3, 0.4) is 0 Å². The molecule has 4 fully saturated rings. The molecule has 3 amide bonds. The highest BCUT2D eigenvalue weighted by Gasteiger charge is 2.48. The third kappa shape index (κ3) is 8.64. The van der Waals surface area contributed by atoms with E-state index < -0.39 is 41.5 Å². The number of fused-ring (bicyclic) bond motifs is 2. The maximum absolute atomic E-state index is 14.3. The largest absolute Gasteiger partial charge is 0.490 e. The number of aromatic nitrogens is 2. The molecule has 0 radical (unpaired) electrons. The molecule has 0 bridgehead atoms. The Morgan fingerprint density at radius 2 is 1.87 bits per heavy atom. The number of nitrogens with two attached hydrogens (primary N) is 1. The van der Waals surface area contributed by atoms with E-state index in [1.807, 2.05) is 46.1 Å². The monoisotopic (exact) mass is 783 g/mol. The molecule has 7 atom stereocenters. The Kier molecular flexibility index (Phi) is 11.1. The molecule has 4 aliphatic rings. The van der Waals surface area contributed by atoms with Gasteiger partial charge < -0.3 is 45.5 Å². The standard InChI is InChI=1S/C38H50ClN7O7S/c1-19(2)42-36-44-27(18-54-36)26-14-30(25-6-7-29(31(39)32(25)43-26)51-17-22-16-50-9-8-41-22)52-24-13-28(34(40)47)46(15-24)35(48)33(38(3,4)5)45-37(49)53-23-11-20-10-21(20)12-23/h6-7,14,18-24,28,33,41H,8-13,15-17H2,1-5H3,(H2,40,47)(H,42,44)(H,45,49)/t20-,21+,22-,23+,24+,28-,33+/m0/s1. The Hall–Kier alpha value is -3.92. The maximum Gasteiger partial charge on any atom is 0.408 e. The number of alkyl carbamates (subject to hydrolysis) is 1. The first-order chi connectivity index (χ1) is 25.7. The van der Waals surface area contributed by atoms with Crippen molar-refractivity contribution in [3.63, 3.8) is 0 Å². The van der Waals surface area contributed by atoms with Crippen LogP contribution in [0.2, 0.25) is 5.02 Å². The van der Waals surface area contributed by atoms with E-state index >= 15 is 0 Å². The third-order valence-electron chi connectivity index (χ3n) is 10.5. The highest BCUT2D eigenvalue weighted by molar-refractivity contribution is 7.14. The van der Waals surface area contributed by atoms with Crippen molar-refractivity contribution in [2.75, 3.05) is 38.2 Å². The Morgan fingerprint density at radius 1 is 1.09 bits per heavy atom. The molecular formula is C38H50ClN7O7S. The average Bonchev–Trinajstić information content (AvgIpc) is 3.45. The summed E-state index contributed by atoms with van der Waals surface area (Å²) in [4.78, 5) is 51.3. The van der Waals surface area contributed by atoms with Crippen molar-refractivity contribution in [1.29, 1.82) is 0 Å². The summed E-state index contributed by atoms with van der Waals surface area (Å²) >= 11 is 8.47. The molecule has 16 heteroatoms. The van der Waals surface area contributed by atoms with Crippen LogP contribution in [-0.2, 0) is 19.1 Å². The molecule has 2 aromatic heterocycles. The number of hydrogen-bond acceptors (Lipinski definition) is 12. The molecule has 5 N–H and O–H groups in total. The van der Waals surface area contributed by atoms with Crippen molar-refractivity contribution in [2.45, 2.75) is 96.7 Å². The van der Waals surface area contributed by atoms with Gasteiger partial charge in [0, 0.05) is 35.8 Å². The van der Waals surface area contributed by atoms with Gasteiger partial charge in [-0.3, -0.25) is 9.59 Å². The van der Waals surface area contributed by atoms with E-state index in [0.29, 0.717) is 70.5 Å². The van der Waals surface area contributed by atoms with Crippen LogP contribution < -0.4 is 31.2 Å². The van der Waals surface area contributed by atoms with Gasteiger partial charge in [-0.25, -0.2) is 14.8 Å². The van der Waals surface area contributed by atoms with Crippen molar-refractivity contribution >= 4 is 56.9 Å². The molecule has 0 unspecified atom stereocenters. The van der Waals surface area contributed by atoms with Gasteiger partial charge in [-0.1, -0.05) is 32.4 Å². The van der Waals surface area contributed by atoms with Crippen LogP contribution in [0, 0.1) is 17.3 Å². The highest BCUT2D eigenvalue weighted by Crippen LogP contribution is 2.52. The lowest BCUT2D eigenvalue weighted by atomic mass is 9.85. The minimum Gasteiger partial charge on any atom is -0.490 e. The van der Waals surface area contributed by atoms with E-state index in [2.05, 4.69) is 16.0 Å². The summed E-state index contributed by atoms with van der Waals surface area (Å²) in [5.41, 5.74) is 6.81. The lowest BCUT2D eigenvalue weighted by molar-refractivity contribution is -0.141. The Labute approximate surface area is 324 Å². The number of carbonyl (C=O) groups excluding carboxylic acids is 3. The molecule has 2 saturated heterocycles. The highest BCUT2D eigenvalue weighted by atomic mass is 35.5. The Morgan fingerprint density at radius 3 is 2.56 bits per heavy atom. The van der Waals surface area contributed by atoms with Crippen LogP contribution >= 0.6 is 22.9 Å². The minimum absolute atomic E-state index is 0.0216. The van der Waals surface area contributed by atoms with Crippen LogP contribution in [-0.4, -0.2) is 102 Å². The fourth-order valence-corrected chi connectivity index (χ4v) is 8.73. The van der Waals surface area contributed by atoms with Gasteiger partial charge in [0.15, 0.2) is 5.13 Å². The van der Waals surface area contributed by atoms with Gasteiger partial charge in [0.05, 0.1) is 37.0 Å². The summed E-state index contributed by atoms with van der Waals surface area (Å²) in [5, 5.41) is 13.1.